The number of hydrogen-bond acceptors (Lipinski definition) is 2. The zero-order chi connectivity index (χ0) is 11.0. The minimum Gasteiger partial charge on any atom is -0.478 e. The van der Waals surface area contributed by atoms with Gasteiger partial charge in [-0.1, -0.05) is 12.1 Å². The van der Waals surface area contributed by atoms with Crippen LogP contribution < -0.4 is 0 Å². The first-order valence-corrected chi connectivity index (χ1v) is 5.80. The lowest BCUT2D eigenvalue weighted by Gasteiger charge is -1.96. The van der Waals surface area contributed by atoms with Crippen LogP contribution >= 0.6 is 22.9 Å². The number of halogens is 1. The van der Waals surface area contributed by atoms with Crippen molar-refractivity contribution in [1.82, 2.24) is 0 Å². The van der Waals surface area contributed by atoms with Crippen molar-refractivity contribution < 1.29 is 9.90 Å². The highest BCUT2D eigenvalue weighted by Crippen LogP contribution is 2.31. The molecule has 0 fully saturated rings. The first-order chi connectivity index (χ1) is 7.13. The monoisotopic (exact) mass is 240 g/mol. The van der Waals surface area contributed by atoms with E-state index in [2.05, 4.69) is 0 Å². The van der Waals surface area contributed by atoms with Crippen LogP contribution in [0.2, 0.25) is 0 Å². The van der Waals surface area contributed by atoms with Crippen LogP contribution in [-0.2, 0) is 5.88 Å². The maximum atomic E-state index is 11.0. The summed E-state index contributed by atoms with van der Waals surface area (Å²) in [6.07, 6.45) is 0. The van der Waals surface area contributed by atoms with Gasteiger partial charge in [0, 0.05) is 20.8 Å². The van der Waals surface area contributed by atoms with Crippen molar-refractivity contribution in [3.8, 4) is 0 Å². The average molecular weight is 241 g/mol. The predicted octanol–water partition coefficient (Wildman–Crippen LogP) is 3.65. The van der Waals surface area contributed by atoms with Crippen molar-refractivity contribution in [2.24, 2.45) is 0 Å². The molecule has 0 saturated carbocycles. The number of carboxylic acid groups (broad SMARTS) is 1. The molecule has 0 bridgehead atoms. The molecule has 0 amide bonds. The SMILES string of the molecule is Cc1sc2cc(CCl)ccc2c1C(=O)O. The van der Waals surface area contributed by atoms with Crippen LogP contribution in [-0.4, -0.2) is 11.1 Å². The van der Waals surface area contributed by atoms with Crippen LogP contribution in [0.15, 0.2) is 18.2 Å². The summed E-state index contributed by atoms with van der Waals surface area (Å²) in [7, 11) is 0. The Morgan fingerprint density at radius 1 is 1.53 bits per heavy atom. The molecule has 1 aromatic heterocycles. The van der Waals surface area contributed by atoms with E-state index in [1.54, 1.807) is 0 Å². The van der Waals surface area contributed by atoms with Crippen molar-refractivity contribution >= 4 is 39.0 Å². The van der Waals surface area contributed by atoms with Gasteiger partial charge in [0.25, 0.3) is 0 Å². The summed E-state index contributed by atoms with van der Waals surface area (Å²) in [5.74, 6) is -0.410. The molecule has 1 N–H and O–H groups in total. The van der Waals surface area contributed by atoms with E-state index in [1.807, 2.05) is 25.1 Å². The van der Waals surface area contributed by atoms with Gasteiger partial charge in [-0.2, -0.15) is 0 Å². The van der Waals surface area contributed by atoms with E-state index >= 15 is 0 Å². The molecule has 0 aliphatic carbocycles. The van der Waals surface area contributed by atoms with Crippen molar-refractivity contribution in [3.05, 3.63) is 34.2 Å². The number of alkyl halides is 1. The number of aryl methyl sites for hydroxylation is 1. The molecule has 2 aromatic rings. The zero-order valence-electron chi connectivity index (χ0n) is 8.08. The topological polar surface area (TPSA) is 37.3 Å². The number of rotatable bonds is 2. The Bertz CT molecular complexity index is 531. The second-order valence-corrected chi connectivity index (χ2v) is 4.83. The van der Waals surface area contributed by atoms with Crippen LogP contribution in [0.1, 0.15) is 20.8 Å². The van der Waals surface area contributed by atoms with Gasteiger partial charge in [0.2, 0.25) is 0 Å². The van der Waals surface area contributed by atoms with Crippen molar-refractivity contribution in [2.45, 2.75) is 12.8 Å². The largest absolute Gasteiger partial charge is 0.478 e. The number of fused-ring (bicyclic) bond motifs is 1. The third-order valence-corrected chi connectivity index (χ3v) is 3.68. The normalized spacial score (nSPS) is 10.8. The molecule has 4 heteroatoms. The van der Waals surface area contributed by atoms with Gasteiger partial charge < -0.3 is 5.11 Å². The van der Waals surface area contributed by atoms with Gasteiger partial charge in [-0.05, 0) is 18.6 Å². The van der Waals surface area contributed by atoms with Gasteiger partial charge in [-0.3, -0.25) is 0 Å². The Hall–Kier alpha value is -1.06. The van der Waals surface area contributed by atoms with Crippen molar-refractivity contribution in [2.75, 3.05) is 0 Å². The van der Waals surface area contributed by atoms with E-state index in [0.29, 0.717) is 11.4 Å². The number of aromatic carboxylic acids is 1. The van der Waals surface area contributed by atoms with E-state index in [4.69, 9.17) is 16.7 Å². The third kappa shape index (κ3) is 1.73. The van der Waals surface area contributed by atoms with Crippen molar-refractivity contribution in [1.29, 1.82) is 0 Å². The second-order valence-electron chi connectivity index (χ2n) is 3.30. The Labute approximate surface area is 96.1 Å². The molecule has 0 saturated heterocycles. The summed E-state index contributed by atoms with van der Waals surface area (Å²) in [4.78, 5) is 11.9. The summed E-state index contributed by atoms with van der Waals surface area (Å²) in [6.45, 7) is 1.83. The molecule has 0 spiro atoms. The van der Waals surface area contributed by atoms with Crippen LogP contribution in [0.3, 0.4) is 0 Å². The molecule has 0 aliphatic heterocycles. The van der Waals surface area contributed by atoms with Crippen molar-refractivity contribution in [3.63, 3.8) is 0 Å². The van der Waals surface area contributed by atoms with Gasteiger partial charge in [-0.25, -0.2) is 4.79 Å². The highest BCUT2D eigenvalue weighted by atomic mass is 35.5. The van der Waals surface area contributed by atoms with E-state index in [1.165, 1.54) is 11.3 Å². The highest BCUT2D eigenvalue weighted by Gasteiger charge is 2.15. The molecular formula is C11H9ClO2S. The molecular weight excluding hydrogens is 232 g/mol. The first kappa shape index (κ1) is 10.5. The fourth-order valence-corrected chi connectivity index (χ4v) is 2.90. The Morgan fingerprint density at radius 2 is 2.27 bits per heavy atom. The highest BCUT2D eigenvalue weighted by molar-refractivity contribution is 7.19. The third-order valence-electron chi connectivity index (χ3n) is 2.30. The lowest BCUT2D eigenvalue weighted by molar-refractivity contribution is 0.0699. The smallest absolute Gasteiger partial charge is 0.337 e. The quantitative estimate of drug-likeness (QED) is 0.814. The minimum atomic E-state index is -0.864. The number of carbonyl (C=O) groups is 1. The van der Waals surface area contributed by atoms with Crippen LogP contribution in [0.25, 0.3) is 10.1 Å². The van der Waals surface area contributed by atoms with E-state index < -0.39 is 5.97 Å². The van der Waals surface area contributed by atoms with Crippen LogP contribution in [0.4, 0.5) is 0 Å². The fourth-order valence-electron chi connectivity index (χ4n) is 1.61. The maximum Gasteiger partial charge on any atom is 0.337 e. The second kappa shape index (κ2) is 3.83. The summed E-state index contributed by atoms with van der Waals surface area (Å²) in [5, 5.41) is 9.86. The predicted molar refractivity (Wildman–Crippen MR) is 63.1 cm³/mol. The molecule has 78 valence electrons. The van der Waals surface area contributed by atoms with Crippen LogP contribution in [0, 0.1) is 6.92 Å². The Balaban J connectivity index is 2.74. The zero-order valence-corrected chi connectivity index (χ0v) is 9.65. The lowest BCUT2D eigenvalue weighted by Crippen LogP contribution is -1.96. The summed E-state index contributed by atoms with van der Waals surface area (Å²) >= 11 is 7.22. The Morgan fingerprint density at radius 3 is 2.87 bits per heavy atom. The molecule has 1 aromatic carbocycles. The first-order valence-electron chi connectivity index (χ1n) is 4.44. The number of carboxylic acids is 1. The molecule has 0 radical (unpaired) electrons. The number of thiophene rings is 1. The molecule has 2 rings (SSSR count). The Kier molecular flexibility index (Phi) is 2.67. The summed E-state index contributed by atoms with van der Waals surface area (Å²) < 4.78 is 0.989. The number of hydrogen-bond donors (Lipinski definition) is 1. The van der Waals surface area contributed by atoms with E-state index in [-0.39, 0.29) is 0 Å². The fraction of sp³-hybridized carbons (Fsp3) is 0.182. The van der Waals surface area contributed by atoms with Gasteiger partial charge >= 0.3 is 5.97 Å². The molecule has 1 heterocycles. The molecule has 15 heavy (non-hydrogen) atoms. The number of benzene rings is 1. The maximum absolute atomic E-state index is 11.0. The van der Waals surface area contributed by atoms with Gasteiger partial charge in [-0.15, -0.1) is 22.9 Å². The van der Waals surface area contributed by atoms with Gasteiger partial charge in [0.1, 0.15) is 0 Å². The van der Waals surface area contributed by atoms with Gasteiger partial charge in [0.05, 0.1) is 5.56 Å². The summed E-state index contributed by atoms with van der Waals surface area (Å²) in [6, 6.07) is 5.65. The molecule has 2 nitrogen and oxygen atoms in total. The van der Waals surface area contributed by atoms with E-state index in [0.717, 1.165) is 20.5 Å². The minimum absolute atomic E-state index is 0.413. The molecule has 0 aliphatic rings. The van der Waals surface area contributed by atoms with E-state index in [9.17, 15) is 4.79 Å². The average Bonchev–Trinajstić information content (AvgIpc) is 2.52. The standard InChI is InChI=1S/C11H9ClO2S/c1-6-10(11(13)14)8-3-2-7(5-12)4-9(8)15-6/h2-4H,5H2,1H3,(H,13,14). The van der Waals surface area contributed by atoms with Crippen LogP contribution in [0.5, 0.6) is 0 Å². The summed E-state index contributed by atoms with van der Waals surface area (Å²) in [5.41, 5.74) is 1.43. The molecule has 0 atom stereocenters. The lowest BCUT2D eigenvalue weighted by atomic mass is 10.1. The molecule has 0 unspecified atom stereocenters. The van der Waals surface area contributed by atoms with Gasteiger partial charge in [0.15, 0.2) is 0 Å².